The first kappa shape index (κ1) is 12.9. The molecule has 4 heteroatoms. The van der Waals surface area contributed by atoms with Gasteiger partial charge in [0, 0.05) is 17.7 Å². The summed E-state index contributed by atoms with van der Waals surface area (Å²) in [6.07, 6.45) is 0. The average molecular weight is 257 g/mol. The van der Waals surface area contributed by atoms with E-state index in [9.17, 15) is 5.26 Å². The summed E-state index contributed by atoms with van der Waals surface area (Å²) in [6, 6.07) is 12.0. The Morgan fingerprint density at radius 3 is 2.83 bits per heavy atom. The Hall–Kier alpha value is -1.57. The van der Waals surface area contributed by atoms with Crippen LogP contribution >= 0.6 is 11.8 Å². The van der Waals surface area contributed by atoms with Gasteiger partial charge >= 0.3 is 0 Å². The maximum absolute atomic E-state index is 9.17. The third kappa shape index (κ3) is 3.00. The number of aromatic nitrogens is 1. The summed E-state index contributed by atoms with van der Waals surface area (Å²) in [5.41, 5.74) is 1.61. The molecule has 1 aromatic heterocycles. The van der Waals surface area contributed by atoms with Gasteiger partial charge in [-0.1, -0.05) is 18.2 Å². The lowest BCUT2D eigenvalue weighted by molar-refractivity contribution is 0.437. The van der Waals surface area contributed by atoms with Gasteiger partial charge < -0.3 is 4.90 Å². The van der Waals surface area contributed by atoms with Gasteiger partial charge in [0.1, 0.15) is 11.1 Å². The minimum absolute atomic E-state index is 0.664. The van der Waals surface area contributed by atoms with Gasteiger partial charge in [0.2, 0.25) is 0 Å². The minimum atomic E-state index is 0.664. The Labute approximate surface area is 111 Å². The lowest BCUT2D eigenvalue weighted by atomic mass is 10.2. The van der Waals surface area contributed by atoms with Gasteiger partial charge in [-0.25, -0.2) is 4.98 Å². The fraction of sp³-hybridized carbons (Fsp3) is 0.286. The van der Waals surface area contributed by atoms with E-state index in [1.807, 2.05) is 44.4 Å². The zero-order chi connectivity index (χ0) is 13.0. The molecule has 18 heavy (non-hydrogen) atoms. The molecule has 0 saturated heterocycles. The van der Waals surface area contributed by atoms with Crippen LogP contribution in [0.15, 0.2) is 35.4 Å². The van der Waals surface area contributed by atoms with E-state index in [0.717, 1.165) is 28.2 Å². The Balaban J connectivity index is 2.28. The average Bonchev–Trinajstić information content (AvgIpc) is 2.37. The molecule has 0 spiro atoms. The number of fused-ring (bicyclic) bond motifs is 1. The largest absolute Gasteiger partial charge is 0.309 e. The van der Waals surface area contributed by atoms with Gasteiger partial charge in [0.25, 0.3) is 0 Å². The molecule has 0 bridgehead atoms. The van der Waals surface area contributed by atoms with E-state index in [4.69, 9.17) is 0 Å². The predicted molar refractivity (Wildman–Crippen MR) is 75.7 cm³/mol. The second-order valence-electron chi connectivity index (χ2n) is 4.30. The van der Waals surface area contributed by atoms with Crippen LogP contribution in [0.2, 0.25) is 0 Å². The smallest absolute Gasteiger partial charge is 0.115 e. The molecular formula is C14H15N3S. The Morgan fingerprint density at radius 2 is 2.11 bits per heavy atom. The van der Waals surface area contributed by atoms with Crippen molar-refractivity contribution in [2.24, 2.45) is 0 Å². The molecule has 0 atom stereocenters. The fourth-order valence-electron chi connectivity index (χ4n) is 1.61. The van der Waals surface area contributed by atoms with Crippen molar-refractivity contribution in [2.75, 3.05) is 26.4 Å². The topological polar surface area (TPSA) is 39.9 Å². The molecule has 92 valence electrons. The minimum Gasteiger partial charge on any atom is -0.309 e. The highest BCUT2D eigenvalue weighted by Gasteiger charge is 2.07. The Bertz CT molecular complexity index is 587. The maximum atomic E-state index is 9.17. The second kappa shape index (κ2) is 5.85. The number of benzene rings is 1. The van der Waals surface area contributed by atoms with E-state index < -0.39 is 0 Å². The van der Waals surface area contributed by atoms with E-state index in [0.29, 0.717) is 5.56 Å². The molecule has 1 aromatic carbocycles. The SMILES string of the molecule is CN(C)CCSc1nc2ccccc2cc1C#N. The second-order valence-corrected chi connectivity index (χ2v) is 5.38. The molecule has 0 aliphatic heterocycles. The highest BCUT2D eigenvalue weighted by atomic mass is 32.2. The standard InChI is InChI=1S/C14H15N3S/c1-17(2)7-8-18-14-12(10-15)9-11-5-3-4-6-13(11)16-14/h3-6,9H,7-8H2,1-2H3. The van der Waals surface area contributed by atoms with Crippen LogP contribution in [-0.4, -0.2) is 36.3 Å². The van der Waals surface area contributed by atoms with Gasteiger partial charge in [-0.3, -0.25) is 0 Å². The van der Waals surface area contributed by atoms with Crippen molar-refractivity contribution in [3.05, 3.63) is 35.9 Å². The normalized spacial score (nSPS) is 10.8. The number of para-hydroxylation sites is 1. The molecule has 1 heterocycles. The number of hydrogen-bond donors (Lipinski definition) is 0. The summed E-state index contributed by atoms with van der Waals surface area (Å²) < 4.78 is 0. The molecular weight excluding hydrogens is 242 g/mol. The maximum Gasteiger partial charge on any atom is 0.115 e. The Kier molecular flexibility index (Phi) is 4.19. The number of thioether (sulfide) groups is 1. The molecule has 0 aliphatic carbocycles. The van der Waals surface area contributed by atoms with Gasteiger partial charge in [0.15, 0.2) is 0 Å². The lowest BCUT2D eigenvalue weighted by Crippen LogP contribution is -2.14. The van der Waals surface area contributed by atoms with Crippen LogP contribution in [-0.2, 0) is 0 Å². The van der Waals surface area contributed by atoms with Gasteiger partial charge in [-0.15, -0.1) is 11.8 Å². The van der Waals surface area contributed by atoms with Gasteiger partial charge in [-0.2, -0.15) is 5.26 Å². The third-order valence-electron chi connectivity index (χ3n) is 2.59. The number of rotatable bonds is 4. The molecule has 2 aromatic rings. The van der Waals surface area contributed by atoms with E-state index in [1.165, 1.54) is 0 Å². The molecule has 0 unspecified atom stereocenters. The van der Waals surface area contributed by atoms with Crippen molar-refractivity contribution < 1.29 is 0 Å². The van der Waals surface area contributed by atoms with Crippen LogP contribution in [0.5, 0.6) is 0 Å². The molecule has 3 nitrogen and oxygen atoms in total. The van der Waals surface area contributed by atoms with Crippen LogP contribution in [0.4, 0.5) is 0 Å². The summed E-state index contributed by atoms with van der Waals surface area (Å²) in [5, 5.41) is 11.0. The molecule has 0 radical (unpaired) electrons. The van der Waals surface area contributed by atoms with E-state index in [1.54, 1.807) is 11.8 Å². The van der Waals surface area contributed by atoms with Crippen molar-refractivity contribution >= 4 is 22.7 Å². The lowest BCUT2D eigenvalue weighted by Gasteiger charge is -2.09. The van der Waals surface area contributed by atoms with Crippen LogP contribution in [0.3, 0.4) is 0 Å². The van der Waals surface area contributed by atoms with Gasteiger partial charge in [0.05, 0.1) is 11.1 Å². The summed E-state index contributed by atoms with van der Waals surface area (Å²) in [4.78, 5) is 6.69. The van der Waals surface area contributed by atoms with Gasteiger partial charge in [-0.05, 0) is 26.2 Å². The summed E-state index contributed by atoms with van der Waals surface area (Å²) in [5.74, 6) is 0.938. The van der Waals surface area contributed by atoms with Crippen LogP contribution in [0.25, 0.3) is 10.9 Å². The highest BCUT2D eigenvalue weighted by molar-refractivity contribution is 7.99. The van der Waals surface area contributed by atoms with Crippen molar-refractivity contribution in [2.45, 2.75) is 5.03 Å². The zero-order valence-electron chi connectivity index (χ0n) is 10.6. The number of nitriles is 1. The summed E-state index contributed by atoms with van der Waals surface area (Å²) >= 11 is 1.64. The number of nitrogens with zero attached hydrogens (tertiary/aromatic N) is 3. The quantitative estimate of drug-likeness (QED) is 0.790. The van der Waals surface area contributed by atoms with Crippen LogP contribution in [0, 0.1) is 11.3 Å². The predicted octanol–water partition coefficient (Wildman–Crippen LogP) is 2.76. The Morgan fingerprint density at radius 1 is 1.33 bits per heavy atom. The van der Waals surface area contributed by atoms with Crippen LogP contribution in [0.1, 0.15) is 5.56 Å². The van der Waals surface area contributed by atoms with Crippen molar-refractivity contribution in [3.63, 3.8) is 0 Å². The first-order chi connectivity index (χ1) is 8.70. The highest BCUT2D eigenvalue weighted by Crippen LogP contribution is 2.24. The fourth-order valence-corrected chi connectivity index (χ4v) is 2.69. The zero-order valence-corrected chi connectivity index (χ0v) is 11.4. The monoisotopic (exact) mass is 257 g/mol. The van der Waals surface area contributed by atoms with E-state index in [2.05, 4.69) is 16.0 Å². The molecule has 0 N–H and O–H groups in total. The van der Waals surface area contributed by atoms with Crippen molar-refractivity contribution in [1.29, 1.82) is 5.26 Å². The van der Waals surface area contributed by atoms with E-state index in [-0.39, 0.29) is 0 Å². The third-order valence-corrected chi connectivity index (χ3v) is 3.56. The number of pyridine rings is 1. The number of hydrogen-bond acceptors (Lipinski definition) is 4. The molecule has 2 rings (SSSR count). The van der Waals surface area contributed by atoms with E-state index >= 15 is 0 Å². The van der Waals surface area contributed by atoms with Crippen molar-refractivity contribution in [1.82, 2.24) is 9.88 Å². The summed E-state index contributed by atoms with van der Waals surface area (Å²) in [7, 11) is 4.08. The van der Waals surface area contributed by atoms with Crippen LogP contribution < -0.4 is 0 Å². The summed E-state index contributed by atoms with van der Waals surface area (Å²) in [6.45, 7) is 0.976. The molecule has 0 amide bonds. The van der Waals surface area contributed by atoms with Crippen molar-refractivity contribution in [3.8, 4) is 6.07 Å². The molecule has 0 aliphatic rings. The first-order valence-electron chi connectivity index (χ1n) is 5.78. The molecule has 0 saturated carbocycles. The molecule has 0 fully saturated rings. The first-order valence-corrected chi connectivity index (χ1v) is 6.76.